The SMILES string of the molecule is NCC(CCc1ccc(F)cc1)N[C@H](CCC(=O)O)c1c[nH]c2ccccc12. The molecule has 6 heteroatoms. The van der Waals surface area contributed by atoms with Gasteiger partial charge in [0.25, 0.3) is 0 Å². The Balaban J connectivity index is 1.73. The van der Waals surface area contributed by atoms with Gasteiger partial charge in [0.15, 0.2) is 0 Å². The monoisotopic (exact) mass is 383 g/mol. The second-order valence-corrected chi connectivity index (χ2v) is 7.04. The molecule has 2 aromatic carbocycles. The molecule has 2 atom stereocenters. The quantitative estimate of drug-likeness (QED) is 0.429. The molecular weight excluding hydrogens is 357 g/mol. The van der Waals surface area contributed by atoms with Gasteiger partial charge >= 0.3 is 5.97 Å². The molecule has 0 amide bonds. The minimum Gasteiger partial charge on any atom is -0.481 e. The molecule has 0 fully saturated rings. The first-order valence-electron chi connectivity index (χ1n) is 9.55. The molecule has 0 aliphatic heterocycles. The summed E-state index contributed by atoms with van der Waals surface area (Å²) in [5.74, 6) is -1.06. The summed E-state index contributed by atoms with van der Waals surface area (Å²) in [6, 6.07) is 14.4. The number of aliphatic carboxylic acids is 1. The minimum atomic E-state index is -0.817. The van der Waals surface area contributed by atoms with Crippen molar-refractivity contribution in [3.05, 3.63) is 71.7 Å². The Morgan fingerprint density at radius 3 is 2.61 bits per heavy atom. The Hall–Kier alpha value is -2.70. The van der Waals surface area contributed by atoms with Crippen LogP contribution >= 0.6 is 0 Å². The van der Waals surface area contributed by atoms with Crippen LogP contribution in [0.25, 0.3) is 10.9 Å². The number of aromatic amines is 1. The molecule has 1 heterocycles. The number of aromatic nitrogens is 1. The molecule has 5 nitrogen and oxygen atoms in total. The third-order valence-electron chi connectivity index (χ3n) is 5.06. The molecule has 0 bridgehead atoms. The van der Waals surface area contributed by atoms with Gasteiger partial charge in [-0.05, 0) is 48.6 Å². The van der Waals surface area contributed by atoms with Crippen LogP contribution in [0.4, 0.5) is 4.39 Å². The van der Waals surface area contributed by atoms with Crippen LogP contribution in [0.15, 0.2) is 54.7 Å². The van der Waals surface area contributed by atoms with E-state index in [0.717, 1.165) is 34.9 Å². The standard InChI is InChI=1S/C22H26FN3O2/c23-16-8-5-15(6-9-16)7-10-17(13-24)26-21(11-12-22(27)28)19-14-25-20-4-2-1-3-18(19)20/h1-6,8-9,14,17,21,25-26H,7,10-13,24H2,(H,27,28)/t17?,21-/m1/s1. The van der Waals surface area contributed by atoms with Crippen LogP contribution in [0.5, 0.6) is 0 Å². The van der Waals surface area contributed by atoms with E-state index in [1.807, 2.05) is 30.5 Å². The molecule has 0 aliphatic rings. The van der Waals surface area contributed by atoms with Crippen LogP contribution < -0.4 is 11.1 Å². The van der Waals surface area contributed by atoms with Crippen LogP contribution in [0.2, 0.25) is 0 Å². The van der Waals surface area contributed by atoms with Crippen LogP contribution in [-0.4, -0.2) is 28.6 Å². The maximum absolute atomic E-state index is 13.1. The van der Waals surface area contributed by atoms with Crippen LogP contribution in [0.3, 0.4) is 0 Å². The molecule has 3 rings (SSSR count). The zero-order valence-electron chi connectivity index (χ0n) is 15.7. The van der Waals surface area contributed by atoms with E-state index in [9.17, 15) is 9.18 Å². The van der Waals surface area contributed by atoms with E-state index in [-0.39, 0.29) is 24.3 Å². The van der Waals surface area contributed by atoms with E-state index >= 15 is 0 Å². The summed E-state index contributed by atoms with van der Waals surface area (Å²) in [6.45, 7) is 0.438. The number of para-hydroxylation sites is 1. The zero-order valence-corrected chi connectivity index (χ0v) is 15.7. The summed E-state index contributed by atoms with van der Waals surface area (Å²) >= 11 is 0. The van der Waals surface area contributed by atoms with Crippen molar-refractivity contribution in [3.8, 4) is 0 Å². The number of carboxylic acids is 1. The first kappa shape index (κ1) is 20.0. The lowest BCUT2D eigenvalue weighted by Crippen LogP contribution is -2.39. The molecule has 3 aromatic rings. The molecule has 0 saturated carbocycles. The molecule has 1 unspecified atom stereocenters. The van der Waals surface area contributed by atoms with Gasteiger partial charge in [-0.2, -0.15) is 0 Å². The van der Waals surface area contributed by atoms with Crippen molar-refractivity contribution < 1.29 is 14.3 Å². The average molecular weight is 383 g/mol. The maximum Gasteiger partial charge on any atom is 0.303 e. The highest BCUT2D eigenvalue weighted by molar-refractivity contribution is 5.83. The Labute approximate surface area is 163 Å². The summed E-state index contributed by atoms with van der Waals surface area (Å²) in [7, 11) is 0. The summed E-state index contributed by atoms with van der Waals surface area (Å²) in [6.07, 6.45) is 4.05. The lowest BCUT2D eigenvalue weighted by molar-refractivity contribution is -0.137. The van der Waals surface area contributed by atoms with Crippen LogP contribution in [-0.2, 0) is 11.2 Å². The largest absolute Gasteiger partial charge is 0.481 e. The van der Waals surface area contributed by atoms with Gasteiger partial charge in [-0.1, -0.05) is 30.3 Å². The van der Waals surface area contributed by atoms with Crippen molar-refractivity contribution in [1.29, 1.82) is 0 Å². The van der Waals surface area contributed by atoms with Gasteiger partial charge in [-0.15, -0.1) is 0 Å². The van der Waals surface area contributed by atoms with Crippen molar-refractivity contribution in [2.75, 3.05) is 6.54 Å². The highest BCUT2D eigenvalue weighted by atomic mass is 19.1. The van der Waals surface area contributed by atoms with Crippen LogP contribution in [0.1, 0.15) is 36.4 Å². The molecular formula is C22H26FN3O2. The first-order valence-corrected chi connectivity index (χ1v) is 9.55. The Bertz CT molecular complexity index is 908. The molecule has 28 heavy (non-hydrogen) atoms. The number of carboxylic acid groups (broad SMARTS) is 1. The maximum atomic E-state index is 13.1. The Morgan fingerprint density at radius 1 is 1.14 bits per heavy atom. The lowest BCUT2D eigenvalue weighted by Gasteiger charge is -2.25. The Morgan fingerprint density at radius 2 is 1.89 bits per heavy atom. The van der Waals surface area contributed by atoms with E-state index in [1.165, 1.54) is 12.1 Å². The summed E-state index contributed by atoms with van der Waals surface area (Å²) in [5, 5.41) is 13.8. The number of hydrogen-bond acceptors (Lipinski definition) is 3. The Kier molecular flexibility index (Phi) is 6.79. The summed E-state index contributed by atoms with van der Waals surface area (Å²) < 4.78 is 13.1. The highest BCUT2D eigenvalue weighted by Gasteiger charge is 2.20. The van der Waals surface area contributed by atoms with Crippen molar-refractivity contribution in [3.63, 3.8) is 0 Å². The lowest BCUT2D eigenvalue weighted by atomic mass is 9.98. The van der Waals surface area contributed by atoms with E-state index in [4.69, 9.17) is 10.8 Å². The number of rotatable bonds is 10. The first-order chi connectivity index (χ1) is 13.6. The number of benzene rings is 2. The minimum absolute atomic E-state index is 0.0255. The molecule has 0 saturated heterocycles. The summed E-state index contributed by atoms with van der Waals surface area (Å²) in [4.78, 5) is 14.4. The smallest absolute Gasteiger partial charge is 0.303 e. The predicted molar refractivity (Wildman–Crippen MR) is 109 cm³/mol. The van der Waals surface area contributed by atoms with E-state index in [1.54, 1.807) is 12.1 Å². The van der Waals surface area contributed by atoms with Gasteiger partial charge in [0.1, 0.15) is 5.82 Å². The molecule has 148 valence electrons. The van der Waals surface area contributed by atoms with Gasteiger partial charge in [0, 0.05) is 42.1 Å². The van der Waals surface area contributed by atoms with Crippen molar-refractivity contribution in [2.45, 2.75) is 37.8 Å². The fourth-order valence-corrected chi connectivity index (χ4v) is 3.52. The zero-order chi connectivity index (χ0) is 19.9. The van der Waals surface area contributed by atoms with Gasteiger partial charge in [0.05, 0.1) is 0 Å². The average Bonchev–Trinajstić information content (AvgIpc) is 3.13. The molecule has 0 spiro atoms. The van der Waals surface area contributed by atoms with Gasteiger partial charge in [-0.3, -0.25) is 4.79 Å². The number of nitrogens with two attached hydrogens (primary N) is 1. The molecule has 0 radical (unpaired) electrons. The second-order valence-electron chi connectivity index (χ2n) is 7.04. The number of fused-ring (bicyclic) bond motifs is 1. The molecule has 1 aromatic heterocycles. The number of H-pyrrole nitrogens is 1. The fourth-order valence-electron chi connectivity index (χ4n) is 3.52. The number of halogens is 1. The van der Waals surface area contributed by atoms with Gasteiger partial charge in [-0.25, -0.2) is 4.39 Å². The number of nitrogens with one attached hydrogen (secondary N) is 2. The predicted octanol–water partition coefficient (Wildman–Crippen LogP) is 3.76. The third-order valence-corrected chi connectivity index (χ3v) is 5.06. The van der Waals surface area contributed by atoms with E-state index in [2.05, 4.69) is 10.3 Å². The van der Waals surface area contributed by atoms with Crippen molar-refractivity contribution >= 4 is 16.9 Å². The number of hydrogen-bond donors (Lipinski definition) is 4. The molecule has 5 N–H and O–H groups in total. The third kappa shape index (κ3) is 5.18. The topological polar surface area (TPSA) is 91.1 Å². The van der Waals surface area contributed by atoms with Gasteiger partial charge in [0.2, 0.25) is 0 Å². The van der Waals surface area contributed by atoms with Crippen molar-refractivity contribution in [2.24, 2.45) is 5.73 Å². The highest BCUT2D eigenvalue weighted by Crippen LogP contribution is 2.28. The van der Waals surface area contributed by atoms with E-state index in [0.29, 0.717) is 13.0 Å². The van der Waals surface area contributed by atoms with Crippen LogP contribution in [0, 0.1) is 5.82 Å². The fraction of sp³-hybridized carbons (Fsp3) is 0.318. The summed E-state index contributed by atoms with van der Waals surface area (Å²) in [5.41, 5.74) is 9.11. The molecule has 0 aliphatic carbocycles. The second kappa shape index (κ2) is 9.48. The normalized spacial score (nSPS) is 13.5. The van der Waals surface area contributed by atoms with Gasteiger partial charge < -0.3 is 21.1 Å². The van der Waals surface area contributed by atoms with Crippen molar-refractivity contribution in [1.82, 2.24) is 10.3 Å². The number of aryl methyl sites for hydroxylation is 1. The van der Waals surface area contributed by atoms with E-state index < -0.39 is 5.97 Å². The number of carbonyl (C=O) groups is 1.